The maximum atomic E-state index is 11.9. The third-order valence-electron chi connectivity index (χ3n) is 2.99. The molecule has 0 spiro atoms. The molecular formula is C11H18N4O3. The molecule has 2 unspecified atom stereocenters. The lowest BCUT2D eigenvalue weighted by Crippen LogP contribution is -2.45. The van der Waals surface area contributed by atoms with Crippen LogP contribution in [0.15, 0.2) is 6.20 Å². The van der Waals surface area contributed by atoms with Crippen molar-refractivity contribution in [3.63, 3.8) is 0 Å². The number of amides is 1. The smallest absolute Gasteiger partial charge is 0.326 e. The van der Waals surface area contributed by atoms with Crippen molar-refractivity contribution in [3.8, 4) is 0 Å². The van der Waals surface area contributed by atoms with Crippen molar-refractivity contribution >= 4 is 17.7 Å². The van der Waals surface area contributed by atoms with Gasteiger partial charge in [-0.25, -0.2) is 4.79 Å². The minimum atomic E-state index is -1.06. The third kappa shape index (κ3) is 2.79. The summed E-state index contributed by atoms with van der Waals surface area (Å²) in [5.74, 6) is -1.53. The second-order valence-electron chi connectivity index (χ2n) is 4.24. The van der Waals surface area contributed by atoms with Crippen molar-refractivity contribution in [1.29, 1.82) is 0 Å². The number of carboxylic acid groups (broad SMARTS) is 1. The number of aryl methyl sites for hydroxylation is 1. The number of rotatable bonds is 5. The first-order valence-electron chi connectivity index (χ1n) is 5.69. The molecule has 1 heterocycles. The lowest BCUT2D eigenvalue weighted by molar-refractivity contribution is -0.140. The average Bonchev–Trinajstić information content (AvgIpc) is 2.65. The Morgan fingerprint density at radius 2 is 2.22 bits per heavy atom. The highest BCUT2D eigenvalue weighted by atomic mass is 16.4. The zero-order valence-corrected chi connectivity index (χ0v) is 10.7. The molecule has 1 amide bonds. The molecular weight excluding hydrogens is 236 g/mol. The average molecular weight is 254 g/mol. The number of carbonyl (C=O) groups is 2. The summed E-state index contributed by atoms with van der Waals surface area (Å²) < 4.78 is 1.36. The van der Waals surface area contributed by atoms with E-state index in [1.165, 1.54) is 10.9 Å². The molecule has 2 atom stereocenters. The van der Waals surface area contributed by atoms with Crippen LogP contribution < -0.4 is 11.1 Å². The van der Waals surface area contributed by atoms with E-state index in [9.17, 15) is 9.59 Å². The van der Waals surface area contributed by atoms with E-state index in [1.807, 2.05) is 6.92 Å². The number of aliphatic carboxylic acids is 1. The van der Waals surface area contributed by atoms with Gasteiger partial charge < -0.3 is 16.2 Å². The van der Waals surface area contributed by atoms with Gasteiger partial charge in [0, 0.05) is 7.05 Å². The molecule has 0 aliphatic heterocycles. The standard InChI is InChI=1S/C11H18N4O3/c1-4-6(2)8(11(17)18)14-10(16)7-5-13-15(3)9(7)12/h5-6,8H,4,12H2,1-3H3,(H,14,16)(H,17,18). The monoisotopic (exact) mass is 254 g/mol. The number of aromatic nitrogens is 2. The normalized spacial score (nSPS) is 13.9. The van der Waals surface area contributed by atoms with Crippen molar-refractivity contribution in [2.45, 2.75) is 26.3 Å². The molecule has 18 heavy (non-hydrogen) atoms. The number of carbonyl (C=O) groups excluding carboxylic acids is 1. The van der Waals surface area contributed by atoms with E-state index in [1.54, 1.807) is 14.0 Å². The van der Waals surface area contributed by atoms with Crippen molar-refractivity contribution < 1.29 is 14.7 Å². The molecule has 0 aromatic carbocycles. The van der Waals surface area contributed by atoms with E-state index in [4.69, 9.17) is 10.8 Å². The molecule has 0 aliphatic rings. The fourth-order valence-electron chi connectivity index (χ4n) is 1.52. The number of hydrogen-bond acceptors (Lipinski definition) is 4. The topological polar surface area (TPSA) is 110 Å². The summed E-state index contributed by atoms with van der Waals surface area (Å²) in [5.41, 5.74) is 5.84. The Labute approximate surface area is 105 Å². The molecule has 100 valence electrons. The van der Waals surface area contributed by atoms with Gasteiger partial charge in [-0.1, -0.05) is 20.3 Å². The molecule has 1 aromatic heterocycles. The number of nitrogens with zero attached hydrogens (tertiary/aromatic N) is 2. The van der Waals surface area contributed by atoms with Gasteiger partial charge in [-0.3, -0.25) is 9.48 Å². The summed E-state index contributed by atoms with van der Waals surface area (Å²) in [6.45, 7) is 3.64. The van der Waals surface area contributed by atoms with Crippen LogP contribution in [0.1, 0.15) is 30.6 Å². The van der Waals surface area contributed by atoms with Gasteiger partial charge in [0.15, 0.2) is 0 Å². The first kappa shape index (κ1) is 14.0. The van der Waals surface area contributed by atoms with Gasteiger partial charge in [0.05, 0.1) is 6.20 Å². The molecule has 0 bridgehead atoms. The maximum Gasteiger partial charge on any atom is 0.326 e. The van der Waals surface area contributed by atoms with Crippen LogP contribution in [0, 0.1) is 5.92 Å². The second-order valence-corrected chi connectivity index (χ2v) is 4.24. The van der Waals surface area contributed by atoms with Crippen molar-refractivity contribution in [1.82, 2.24) is 15.1 Å². The summed E-state index contributed by atoms with van der Waals surface area (Å²) in [6, 6.07) is -0.929. The Hall–Kier alpha value is -2.05. The molecule has 0 radical (unpaired) electrons. The molecule has 0 saturated carbocycles. The molecule has 7 nitrogen and oxygen atoms in total. The van der Waals surface area contributed by atoms with E-state index in [-0.39, 0.29) is 17.3 Å². The van der Waals surface area contributed by atoms with Gasteiger partial charge in [-0.2, -0.15) is 5.10 Å². The van der Waals surface area contributed by atoms with Crippen LogP contribution in [0.3, 0.4) is 0 Å². The molecule has 7 heteroatoms. The van der Waals surface area contributed by atoms with Gasteiger partial charge >= 0.3 is 5.97 Å². The Balaban J connectivity index is 2.85. The van der Waals surface area contributed by atoms with Crippen LogP contribution in [0.2, 0.25) is 0 Å². The van der Waals surface area contributed by atoms with E-state index >= 15 is 0 Å². The fourth-order valence-corrected chi connectivity index (χ4v) is 1.52. The highest BCUT2D eigenvalue weighted by Crippen LogP contribution is 2.12. The lowest BCUT2D eigenvalue weighted by Gasteiger charge is -2.19. The number of hydrogen-bond donors (Lipinski definition) is 3. The van der Waals surface area contributed by atoms with Gasteiger partial charge in [0.25, 0.3) is 5.91 Å². The van der Waals surface area contributed by atoms with Crippen molar-refractivity contribution in [3.05, 3.63) is 11.8 Å². The minimum Gasteiger partial charge on any atom is -0.480 e. The summed E-state index contributed by atoms with van der Waals surface area (Å²) in [4.78, 5) is 23.0. The Bertz CT molecular complexity index is 455. The largest absolute Gasteiger partial charge is 0.480 e. The molecule has 1 rings (SSSR count). The SMILES string of the molecule is CCC(C)C(NC(=O)c1cnn(C)c1N)C(=O)O. The number of nitrogens with two attached hydrogens (primary N) is 1. The zero-order valence-electron chi connectivity index (χ0n) is 10.7. The minimum absolute atomic E-state index is 0.163. The molecule has 0 saturated heterocycles. The molecule has 4 N–H and O–H groups in total. The predicted octanol–water partition coefficient (Wildman–Crippen LogP) is 0.231. The fraction of sp³-hybridized carbons (Fsp3) is 0.545. The van der Waals surface area contributed by atoms with Crippen LogP contribution in [-0.4, -0.2) is 32.8 Å². The first-order valence-corrected chi connectivity index (χ1v) is 5.69. The number of carboxylic acids is 1. The van der Waals surface area contributed by atoms with E-state index in [0.717, 1.165) is 0 Å². The van der Waals surface area contributed by atoms with E-state index in [2.05, 4.69) is 10.4 Å². The number of nitrogen functional groups attached to an aromatic ring is 1. The number of nitrogens with one attached hydrogen (secondary N) is 1. The van der Waals surface area contributed by atoms with Crippen molar-refractivity contribution in [2.24, 2.45) is 13.0 Å². The lowest BCUT2D eigenvalue weighted by atomic mass is 9.99. The Morgan fingerprint density at radius 3 is 2.61 bits per heavy atom. The molecule has 0 fully saturated rings. The highest BCUT2D eigenvalue weighted by molar-refractivity contribution is 6.00. The molecule has 1 aromatic rings. The predicted molar refractivity (Wildman–Crippen MR) is 66.0 cm³/mol. The summed E-state index contributed by atoms with van der Waals surface area (Å²) in [6.07, 6.45) is 1.97. The molecule has 0 aliphatic carbocycles. The van der Waals surface area contributed by atoms with Gasteiger partial charge in [-0.15, -0.1) is 0 Å². The van der Waals surface area contributed by atoms with Crippen LogP contribution in [0.25, 0.3) is 0 Å². The summed E-state index contributed by atoms with van der Waals surface area (Å²) in [7, 11) is 1.61. The second kappa shape index (κ2) is 5.52. The van der Waals surface area contributed by atoms with Gasteiger partial charge in [0.2, 0.25) is 0 Å². The van der Waals surface area contributed by atoms with Crippen LogP contribution in [0.4, 0.5) is 5.82 Å². The summed E-state index contributed by atoms with van der Waals surface area (Å²) in [5, 5.41) is 15.4. The Kier molecular flexibility index (Phi) is 4.30. The quantitative estimate of drug-likeness (QED) is 0.696. The highest BCUT2D eigenvalue weighted by Gasteiger charge is 2.27. The zero-order chi connectivity index (χ0) is 13.9. The first-order chi connectivity index (χ1) is 8.38. The maximum absolute atomic E-state index is 11.9. The van der Waals surface area contributed by atoms with Crippen LogP contribution >= 0.6 is 0 Å². The van der Waals surface area contributed by atoms with Gasteiger partial charge in [-0.05, 0) is 5.92 Å². The third-order valence-corrected chi connectivity index (χ3v) is 2.99. The summed E-state index contributed by atoms with van der Waals surface area (Å²) >= 11 is 0. The Morgan fingerprint density at radius 1 is 1.61 bits per heavy atom. The van der Waals surface area contributed by atoms with Crippen LogP contribution in [0.5, 0.6) is 0 Å². The van der Waals surface area contributed by atoms with Gasteiger partial charge in [0.1, 0.15) is 17.4 Å². The van der Waals surface area contributed by atoms with E-state index in [0.29, 0.717) is 6.42 Å². The van der Waals surface area contributed by atoms with Crippen molar-refractivity contribution in [2.75, 3.05) is 5.73 Å². The van der Waals surface area contributed by atoms with Crippen LogP contribution in [-0.2, 0) is 11.8 Å². The number of anilines is 1. The van der Waals surface area contributed by atoms with E-state index < -0.39 is 17.9 Å².